The Bertz CT molecular complexity index is 41.2. The first-order valence-corrected chi connectivity index (χ1v) is 2.53. The molecule has 0 aliphatic carbocycles. The number of rotatable bonds is 3. The molecule has 0 rings (SSSR count). The summed E-state index contributed by atoms with van der Waals surface area (Å²) in [5, 5.41) is 16.6. The fourth-order valence-electron chi connectivity index (χ4n) is 0.121. The van der Waals surface area contributed by atoms with Crippen molar-refractivity contribution in [1.82, 2.24) is 0 Å². The summed E-state index contributed by atoms with van der Waals surface area (Å²) in [6, 6.07) is 0. The van der Waals surface area contributed by atoms with E-state index in [-0.39, 0.29) is 13.2 Å². The van der Waals surface area contributed by atoms with Crippen LogP contribution < -0.4 is 0 Å². The predicted molar refractivity (Wildman–Crippen MR) is 19.0 cm³/mol. The summed E-state index contributed by atoms with van der Waals surface area (Å²) in [6.07, 6.45) is -0.735. The van der Waals surface area contributed by atoms with Crippen LogP contribution in [0.25, 0.3) is 0 Å². The first kappa shape index (κ1) is 7.50. The molecular weight excluding hydrogens is 185 g/mol. The van der Waals surface area contributed by atoms with Crippen LogP contribution in [0, 0.1) is 0 Å². The van der Waals surface area contributed by atoms with Crippen LogP contribution in [0.15, 0.2) is 0 Å². The molecule has 0 aliphatic heterocycles. The van der Waals surface area contributed by atoms with E-state index >= 15 is 0 Å². The Morgan fingerprint density at radius 1 is 1.71 bits per heavy atom. The Kier molecular flexibility index (Phi) is 4.99. The Morgan fingerprint density at radius 2 is 2.29 bits per heavy atom. The second-order valence-electron chi connectivity index (χ2n) is 1.11. The Morgan fingerprint density at radius 3 is 2.43 bits per heavy atom. The van der Waals surface area contributed by atoms with E-state index in [0.717, 1.165) is 0 Å². The molecule has 0 saturated carbocycles. The van der Waals surface area contributed by atoms with Gasteiger partial charge in [-0.3, -0.25) is 0 Å². The van der Waals surface area contributed by atoms with Gasteiger partial charge in [-0.2, -0.15) is 0 Å². The predicted octanol–water partition coefficient (Wildman–Crippen LogP) is -1.18. The minimum atomic E-state index is -0.735. The third-order valence-corrected chi connectivity index (χ3v) is 0.752. The van der Waals surface area contributed by atoms with Crippen molar-refractivity contribution in [2.24, 2.45) is 0 Å². The molecule has 0 bridgehead atoms. The molecule has 2 N–H and O–H groups in total. The van der Waals surface area contributed by atoms with Gasteiger partial charge in [-0.25, -0.2) is 0 Å². The molecule has 0 aliphatic rings. The van der Waals surface area contributed by atoms with Crippen LogP contribution in [-0.4, -0.2) is 29.5 Å². The van der Waals surface area contributed by atoms with Crippen molar-refractivity contribution in [1.29, 1.82) is 0 Å². The SMILES string of the molecule is OCC(O)C[O][Ru]. The molecule has 4 heteroatoms. The van der Waals surface area contributed by atoms with Crippen molar-refractivity contribution in [2.45, 2.75) is 6.10 Å². The molecular formula is C3H7O3Ru. The monoisotopic (exact) mass is 193 g/mol. The molecule has 7 heavy (non-hydrogen) atoms. The number of hydrogen-bond donors (Lipinski definition) is 2. The minimum absolute atomic E-state index is 0.174. The van der Waals surface area contributed by atoms with E-state index in [0.29, 0.717) is 0 Å². The van der Waals surface area contributed by atoms with Crippen LogP contribution in [0.2, 0.25) is 0 Å². The zero-order valence-corrected chi connectivity index (χ0v) is 5.39. The molecule has 0 spiro atoms. The van der Waals surface area contributed by atoms with Gasteiger partial charge in [0.05, 0.1) is 0 Å². The van der Waals surface area contributed by atoms with Gasteiger partial charge in [-0.05, 0) is 0 Å². The average molecular weight is 192 g/mol. The summed E-state index contributed by atoms with van der Waals surface area (Å²) in [5.74, 6) is 0. The van der Waals surface area contributed by atoms with Crippen molar-refractivity contribution in [2.75, 3.05) is 13.2 Å². The summed E-state index contributed by atoms with van der Waals surface area (Å²) in [5.41, 5.74) is 0. The van der Waals surface area contributed by atoms with Gasteiger partial charge in [0.1, 0.15) is 0 Å². The first-order valence-electron chi connectivity index (χ1n) is 1.82. The van der Waals surface area contributed by atoms with Crippen LogP contribution in [0.1, 0.15) is 0 Å². The summed E-state index contributed by atoms with van der Waals surface area (Å²) < 4.78 is 4.41. The van der Waals surface area contributed by atoms with Gasteiger partial charge < -0.3 is 0 Å². The van der Waals surface area contributed by atoms with Gasteiger partial charge in [0.2, 0.25) is 0 Å². The zero-order valence-electron chi connectivity index (χ0n) is 3.65. The average Bonchev–Trinajstić information content (AvgIpc) is 1.68. The molecule has 0 radical (unpaired) electrons. The van der Waals surface area contributed by atoms with Crippen molar-refractivity contribution in [3.8, 4) is 0 Å². The van der Waals surface area contributed by atoms with Crippen LogP contribution >= 0.6 is 0 Å². The summed E-state index contributed by atoms with van der Waals surface area (Å²) in [6.45, 7) is -0.0658. The van der Waals surface area contributed by atoms with Gasteiger partial charge in [0, 0.05) is 0 Å². The maximum absolute atomic E-state index is 8.47. The Hall–Kier alpha value is 0.503. The fraction of sp³-hybridized carbons (Fsp3) is 1.00. The molecule has 1 atom stereocenters. The van der Waals surface area contributed by atoms with Crippen molar-refractivity contribution in [3.05, 3.63) is 0 Å². The summed E-state index contributed by atoms with van der Waals surface area (Å²) in [7, 11) is 0. The third kappa shape index (κ3) is 4.35. The second kappa shape index (κ2) is 4.66. The quantitative estimate of drug-likeness (QED) is 0.553. The fourth-order valence-corrected chi connectivity index (χ4v) is 0.455. The Balaban J connectivity index is 2.83. The van der Waals surface area contributed by atoms with Crippen molar-refractivity contribution >= 4 is 0 Å². The zero-order chi connectivity index (χ0) is 5.70. The molecule has 0 aromatic heterocycles. The van der Waals surface area contributed by atoms with E-state index < -0.39 is 6.10 Å². The number of aliphatic hydroxyl groups excluding tert-OH is 2. The molecule has 3 nitrogen and oxygen atoms in total. The molecule has 0 aromatic rings. The van der Waals surface area contributed by atoms with Gasteiger partial charge in [0.25, 0.3) is 0 Å². The molecule has 0 amide bonds. The molecule has 45 valence electrons. The molecule has 0 aromatic carbocycles. The summed E-state index contributed by atoms with van der Waals surface area (Å²) >= 11 is 1.90. The molecule has 0 heterocycles. The van der Waals surface area contributed by atoms with Crippen LogP contribution in [0.3, 0.4) is 0 Å². The van der Waals surface area contributed by atoms with Crippen LogP contribution in [-0.2, 0) is 22.2 Å². The first-order chi connectivity index (χ1) is 3.31. The van der Waals surface area contributed by atoms with E-state index in [9.17, 15) is 0 Å². The molecule has 0 fully saturated rings. The van der Waals surface area contributed by atoms with Crippen molar-refractivity contribution in [3.63, 3.8) is 0 Å². The van der Waals surface area contributed by atoms with Gasteiger partial charge in [-0.1, -0.05) is 0 Å². The summed E-state index contributed by atoms with van der Waals surface area (Å²) in [4.78, 5) is 0. The third-order valence-electron chi connectivity index (χ3n) is 0.462. The van der Waals surface area contributed by atoms with Gasteiger partial charge in [-0.15, -0.1) is 0 Å². The van der Waals surface area contributed by atoms with Gasteiger partial charge >= 0.3 is 51.8 Å². The topological polar surface area (TPSA) is 49.7 Å². The van der Waals surface area contributed by atoms with Crippen LogP contribution in [0.5, 0.6) is 0 Å². The second-order valence-corrected chi connectivity index (χ2v) is 1.61. The molecule has 0 saturated heterocycles. The number of aliphatic hydroxyl groups is 2. The van der Waals surface area contributed by atoms with Gasteiger partial charge in [0.15, 0.2) is 0 Å². The van der Waals surface area contributed by atoms with E-state index in [4.69, 9.17) is 10.2 Å². The van der Waals surface area contributed by atoms with Crippen LogP contribution in [0.4, 0.5) is 0 Å². The maximum atomic E-state index is 8.47. The number of hydrogen-bond acceptors (Lipinski definition) is 3. The standard InChI is InChI=1S/C3H7O3.Ru/c4-1-3(6)2-5;/h3-4,6H,1-2H2;/q-1;+1. The van der Waals surface area contributed by atoms with Crippen molar-refractivity contribution < 1.29 is 32.4 Å². The Labute approximate surface area is 52.4 Å². The van der Waals surface area contributed by atoms with E-state index in [1.165, 1.54) is 0 Å². The van der Waals surface area contributed by atoms with E-state index in [2.05, 4.69) is 3.56 Å². The molecule has 1 unspecified atom stereocenters. The van der Waals surface area contributed by atoms with E-state index in [1.54, 1.807) is 0 Å². The normalized spacial score (nSPS) is 14.1. The van der Waals surface area contributed by atoms with E-state index in [1.807, 2.05) is 18.7 Å².